The van der Waals surface area contributed by atoms with E-state index in [4.69, 9.17) is 11.6 Å². The monoisotopic (exact) mass is 260 g/mol. The third-order valence-electron chi connectivity index (χ3n) is 3.08. The summed E-state index contributed by atoms with van der Waals surface area (Å²) in [5.74, 6) is 0. The molecule has 0 radical (unpaired) electrons. The summed E-state index contributed by atoms with van der Waals surface area (Å²) in [6.45, 7) is 4.31. The van der Waals surface area contributed by atoms with Gasteiger partial charge in [-0.05, 0) is 49.2 Å². The molecular weight excluding hydrogens is 244 g/mol. The van der Waals surface area contributed by atoms with E-state index in [-0.39, 0.29) is 6.04 Å². The Labute approximate surface area is 113 Å². The summed E-state index contributed by atoms with van der Waals surface area (Å²) in [5, 5.41) is 4.33. The van der Waals surface area contributed by atoms with Crippen molar-refractivity contribution in [2.24, 2.45) is 0 Å². The highest BCUT2D eigenvalue weighted by Crippen LogP contribution is 2.20. The van der Waals surface area contributed by atoms with Crippen LogP contribution in [0.1, 0.15) is 37.1 Å². The van der Waals surface area contributed by atoms with Gasteiger partial charge in [0, 0.05) is 29.5 Å². The van der Waals surface area contributed by atoms with E-state index in [1.54, 1.807) is 0 Å². The highest BCUT2D eigenvalue weighted by atomic mass is 35.5. The number of aromatic nitrogens is 1. The zero-order chi connectivity index (χ0) is 13.0. The van der Waals surface area contributed by atoms with Crippen LogP contribution in [0, 0.1) is 0 Å². The molecule has 0 bridgehead atoms. The van der Waals surface area contributed by atoms with Gasteiger partial charge in [-0.3, -0.25) is 4.98 Å². The molecule has 2 rings (SSSR count). The van der Waals surface area contributed by atoms with Gasteiger partial charge in [0.05, 0.1) is 0 Å². The molecule has 0 aliphatic carbocycles. The zero-order valence-electron chi connectivity index (χ0n) is 10.6. The lowest BCUT2D eigenvalue weighted by atomic mass is 10.1. The van der Waals surface area contributed by atoms with E-state index >= 15 is 0 Å². The number of hydrogen-bond donors (Lipinski definition) is 1. The van der Waals surface area contributed by atoms with Crippen LogP contribution in [0.4, 0.5) is 0 Å². The number of hydrogen-bond acceptors (Lipinski definition) is 2. The third-order valence-corrected chi connectivity index (χ3v) is 3.33. The summed E-state index contributed by atoms with van der Waals surface area (Å²) in [5.41, 5.74) is 2.48. The van der Waals surface area contributed by atoms with Crippen molar-refractivity contribution in [2.45, 2.75) is 25.9 Å². The first-order valence-electron chi connectivity index (χ1n) is 6.08. The molecule has 1 heterocycles. The Morgan fingerprint density at radius 2 is 1.39 bits per heavy atom. The van der Waals surface area contributed by atoms with Gasteiger partial charge in [-0.2, -0.15) is 0 Å². The minimum Gasteiger partial charge on any atom is -0.304 e. The fraction of sp³-hybridized carbons (Fsp3) is 0.267. The largest absolute Gasteiger partial charge is 0.304 e. The summed E-state index contributed by atoms with van der Waals surface area (Å²) in [4.78, 5) is 4.03. The number of halogens is 1. The first-order valence-corrected chi connectivity index (χ1v) is 6.46. The maximum atomic E-state index is 5.89. The van der Waals surface area contributed by atoms with Crippen molar-refractivity contribution >= 4 is 11.6 Å². The Hall–Kier alpha value is -1.38. The standard InChI is InChI=1S/C15H17ClN2/c1-11(13-3-5-15(16)6-4-13)18-12(2)14-7-9-17-10-8-14/h3-12,18H,1-2H3/t11?,12-/m1/s1. The van der Waals surface area contributed by atoms with Gasteiger partial charge in [-0.15, -0.1) is 0 Å². The quantitative estimate of drug-likeness (QED) is 0.893. The Morgan fingerprint density at radius 3 is 1.94 bits per heavy atom. The molecule has 2 nitrogen and oxygen atoms in total. The van der Waals surface area contributed by atoms with Crippen LogP contribution in [0.3, 0.4) is 0 Å². The summed E-state index contributed by atoms with van der Waals surface area (Å²) in [6.07, 6.45) is 3.64. The highest BCUT2D eigenvalue weighted by Gasteiger charge is 2.10. The molecule has 1 aromatic heterocycles. The smallest absolute Gasteiger partial charge is 0.0406 e. The molecule has 94 valence electrons. The average molecular weight is 261 g/mol. The van der Waals surface area contributed by atoms with Crippen LogP contribution in [0.2, 0.25) is 5.02 Å². The molecule has 2 atom stereocenters. The van der Waals surface area contributed by atoms with Gasteiger partial charge in [0.25, 0.3) is 0 Å². The van der Waals surface area contributed by atoms with Gasteiger partial charge in [0.15, 0.2) is 0 Å². The first kappa shape index (κ1) is 13.1. The molecule has 1 aromatic carbocycles. The van der Waals surface area contributed by atoms with Crippen LogP contribution in [-0.2, 0) is 0 Å². The van der Waals surface area contributed by atoms with Crippen molar-refractivity contribution in [2.75, 3.05) is 0 Å². The summed E-state index contributed by atoms with van der Waals surface area (Å²) in [7, 11) is 0. The lowest BCUT2D eigenvalue weighted by molar-refractivity contribution is 0.494. The Morgan fingerprint density at radius 1 is 0.889 bits per heavy atom. The summed E-state index contributed by atoms with van der Waals surface area (Å²) in [6, 6.07) is 12.6. The van der Waals surface area contributed by atoms with E-state index < -0.39 is 0 Å². The van der Waals surface area contributed by atoms with Crippen molar-refractivity contribution in [3.8, 4) is 0 Å². The van der Waals surface area contributed by atoms with E-state index in [9.17, 15) is 0 Å². The van der Waals surface area contributed by atoms with E-state index in [0.717, 1.165) is 5.02 Å². The number of pyridine rings is 1. The van der Waals surface area contributed by atoms with E-state index in [1.165, 1.54) is 11.1 Å². The minimum absolute atomic E-state index is 0.283. The molecule has 0 aliphatic rings. The second-order valence-corrected chi connectivity index (χ2v) is 4.88. The van der Waals surface area contributed by atoms with Crippen molar-refractivity contribution in [1.82, 2.24) is 10.3 Å². The third kappa shape index (κ3) is 3.31. The minimum atomic E-state index is 0.283. The molecular formula is C15H17ClN2. The van der Waals surface area contributed by atoms with Gasteiger partial charge in [0.2, 0.25) is 0 Å². The summed E-state index contributed by atoms with van der Waals surface area (Å²) < 4.78 is 0. The predicted octanol–water partition coefficient (Wildman–Crippen LogP) is 4.15. The van der Waals surface area contributed by atoms with Crippen LogP contribution in [0.15, 0.2) is 48.8 Å². The van der Waals surface area contributed by atoms with Gasteiger partial charge >= 0.3 is 0 Å². The topological polar surface area (TPSA) is 24.9 Å². The molecule has 1 N–H and O–H groups in total. The molecule has 2 aromatic rings. The van der Waals surface area contributed by atoms with Crippen LogP contribution >= 0.6 is 11.6 Å². The van der Waals surface area contributed by atoms with E-state index in [1.807, 2.05) is 36.7 Å². The predicted molar refractivity (Wildman–Crippen MR) is 75.7 cm³/mol. The highest BCUT2D eigenvalue weighted by molar-refractivity contribution is 6.30. The van der Waals surface area contributed by atoms with Crippen LogP contribution in [-0.4, -0.2) is 4.98 Å². The fourth-order valence-electron chi connectivity index (χ4n) is 1.97. The SMILES string of the molecule is CC(N[C@H](C)c1ccncc1)c1ccc(Cl)cc1. The molecule has 1 unspecified atom stereocenters. The Balaban J connectivity index is 2.03. The van der Waals surface area contributed by atoms with Crippen LogP contribution in [0.5, 0.6) is 0 Å². The van der Waals surface area contributed by atoms with E-state index in [2.05, 4.69) is 36.3 Å². The Bertz CT molecular complexity index is 482. The molecule has 3 heteroatoms. The molecule has 0 saturated carbocycles. The first-order chi connectivity index (χ1) is 8.66. The number of benzene rings is 1. The van der Waals surface area contributed by atoms with Gasteiger partial charge in [0.1, 0.15) is 0 Å². The maximum absolute atomic E-state index is 5.89. The molecule has 0 saturated heterocycles. The molecule has 18 heavy (non-hydrogen) atoms. The van der Waals surface area contributed by atoms with Gasteiger partial charge < -0.3 is 5.32 Å². The molecule has 0 aliphatic heterocycles. The fourth-order valence-corrected chi connectivity index (χ4v) is 2.10. The normalized spacial score (nSPS) is 14.2. The van der Waals surface area contributed by atoms with Crippen LogP contribution < -0.4 is 5.32 Å². The lowest BCUT2D eigenvalue weighted by Gasteiger charge is -2.20. The van der Waals surface area contributed by atoms with Crippen molar-refractivity contribution in [1.29, 1.82) is 0 Å². The molecule has 0 spiro atoms. The maximum Gasteiger partial charge on any atom is 0.0406 e. The number of nitrogens with zero attached hydrogens (tertiary/aromatic N) is 1. The van der Waals surface area contributed by atoms with Gasteiger partial charge in [-0.25, -0.2) is 0 Å². The van der Waals surface area contributed by atoms with E-state index in [0.29, 0.717) is 6.04 Å². The van der Waals surface area contributed by atoms with Gasteiger partial charge in [-0.1, -0.05) is 23.7 Å². The average Bonchev–Trinajstić information content (AvgIpc) is 2.40. The Kier molecular flexibility index (Phi) is 4.34. The lowest BCUT2D eigenvalue weighted by Crippen LogP contribution is -2.22. The van der Waals surface area contributed by atoms with Crippen molar-refractivity contribution in [3.05, 3.63) is 64.9 Å². The number of rotatable bonds is 4. The second kappa shape index (κ2) is 5.98. The zero-order valence-corrected chi connectivity index (χ0v) is 11.4. The molecule has 0 fully saturated rings. The van der Waals surface area contributed by atoms with Crippen molar-refractivity contribution in [3.63, 3.8) is 0 Å². The van der Waals surface area contributed by atoms with Crippen molar-refractivity contribution < 1.29 is 0 Å². The van der Waals surface area contributed by atoms with Crippen LogP contribution in [0.25, 0.3) is 0 Å². The molecule has 0 amide bonds. The second-order valence-electron chi connectivity index (χ2n) is 4.44. The number of nitrogens with one attached hydrogen (secondary N) is 1. The summed E-state index contributed by atoms with van der Waals surface area (Å²) >= 11 is 5.89.